The van der Waals surface area contributed by atoms with Gasteiger partial charge in [0.25, 0.3) is 0 Å². The van der Waals surface area contributed by atoms with Crippen molar-refractivity contribution in [2.45, 2.75) is 32.5 Å². The highest BCUT2D eigenvalue weighted by atomic mass is 35.5. The third-order valence-electron chi connectivity index (χ3n) is 3.92. The minimum atomic E-state index is -0.124. The molecule has 2 heterocycles. The van der Waals surface area contributed by atoms with E-state index >= 15 is 0 Å². The maximum Gasteiger partial charge on any atom is 0.234 e. The van der Waals surface area contributed by atoms with Gasteiger partial charge >= 0.3 is 0 Å². The second kappa shape index (κ2) is 7.97. The summed E-state index contributed by atoms with van der Waals surface area (Å²) < 4.78 is 7.32. The normalized spacial score (nSPS) is 10.9. The van der Waals surface area contributed by atoms with Crippen molar-refractivity contribution in [2.75, 3.05) is 11.1 Å². The number of carbonyl (C=O) groups excluding carboxylic acids is 1. The van der Waals surface area contributed by atoms with Gasteiger partial charge in [0, 0.05) is 17.3 Å². The highest BCUT2D eigenvalue weighted by molar-refractivity contribution is 7.99. The third kappa shape index (κ3) is 3.94. The number of benzene rings is 1. The molecule has 8 heteroatoms. The summed E-state index contributed by atoms with van der Waals surface area (Å²) in [6.45, 7) is 6.52. The number of hydrogen-bond donors (Lipinski definition) is 1. The SMILES string of the molecule is CCn1c(SCC(=O)Nc2ccc(C)c(Cl)c2)nnc1-c1ccoc1C. The van der Waals surface area contributed by atoms with E-state index in [9.17, 15) is 4.79 Å². The summed E-state index contributed by atoms with van der Waals surface area (Å²) in [5.41, 5.74) is 2.56. The van der Waals surface area contributed by atoms with Gasteiger partial charge in [0.05, 0.1) is 17.6 Å². The monoisotopic (exact) mass is 390 g/mol. The second-order valence-electron chi connectivity index (χ2n) is 5.74. The molecule has 0 saturated heterocycles. The molecule has 1 aromatic carbocycles. The molecule has 0 aliphatic rings. The summed E-state index contributed by atoms with van der Waals surface area (Å²) in [6.07, 6.45) is 1.63. The van der Waals surface area contributed by atoms with Gasteiger partial charge in [-0.3, -0.25) is 4.79 Å². The van der Waals surface area contributed by atoms with E-state index in [0.717, 1.165) is 22.7 Å². The van der Waals surface area contributed by atoms with Gasteiger partial charge < -0.3 is 14.3 Å². The first-order valence-electron chi connectivity index (χ1n) is 8.16. The van der Waals surface area contributed by atoms with Crippen molar-refractivity contribution in [1.82, 2.24) is 14.8 Å². The molecule has 0 saturated carbocycles. The van der Waals surface area contributed by atoms with Crippen LogP contribution in [0.15, 0.2) is 40.1 Å². The number of nitrogens with zero attached hydrogens (tertiary/aromatic N) is 3. The zero-order chi connectivity index (χ0) is 18.7. The second-order valence-corrected chi connectivity index (χ2v) is 7.09. The minimum absolute atomic E-state index is 0.124. The Hall–Kier alpha value is -2.25. The van der Waals surface area contributed by atoms with Gasteiger partial charge in [-0.25, -0.2) is 0 Å². The molecular formula is C18H19ClN4O2S. The zero-order valence-electron chi connectivity index (χ0n) is 14.7. The van der Waals surface area contributed by atoms with Crippen molar-refractivity contribution in [3.8, 4) is 11.4 Å². The molecule has 0 atom stereocenters. The van der Waals surface area contributed by atoms with Gasteiger partial charge in [0.15, 0.2) is 11.0 Å². The maximum absolute atomic E-state index is 12.2. The number of aromatic nitrogens is 3. The molecule has 0 aliphatic carbocycles. The lowest BCUT2D eigenvalue weighted by atomic mass is 10.2. The fourth-order valence-corrected chi connectivity index (χ4v) is 3.48. The van der Waals surface area contributed by atoms with Crippen molar-refractivity contribution in [1.29, 1.82) is 0 Å². The molecule has 0 spiro atoms. The van der Waals surface area contributed by atoms with Gasteiger partial charge in [-0.2, -0.15) is 0 Å². The van der Waals surface area contributed by atoms with Crippen molar-refractivity contribution in [3.63, 3.8) is 0 Å². The van der Waals surface area contributed by atoms with Crippen molar-refractivity contribution in [2.24, 2.45) is 0 Å². The Morgan fingerprint density at radius 2 is 2.12 bits per heavy atom. The number of amides is 1. The molecule has 0 aliphatic heterocycles. The zero-order valence-corrected chi connectivity index (χ0v) is 16.3. The number of thioether (sulfide) groups is 1. The summed E-state index contributed by atoms with van der Waals surface area (Å²) in [6, 6.07) is 7.32. The van der Waals surface area contributed by atoms with Gasteiger partial charge in [-0.05, 0) is 44.5 Å². The van der Waals surface area contributed by atoms with Gasteiger partial charge in [-0.15, -0.1) is 10.2 Å². The maximum atomic E-state index is 12.2. The largest absolute Gasteiger partial charge is 0.469 e. The lowest BCUT2D eigenvalue weighted by molar-refractivity contribution is -0.113. The Morgan fingerprint density at radius 1 is 1.31 bits per heavy atom. The van der Waals surface area contributed by atoms with E-state index in [1.165, 1.54) is 11.8 Å². The lowest BCUT2D eigenvalue weighted by Crippen LogP contribution is -2.14. The first kappa shape index (κ1) is 18.5. The number of aryl methyl sites for hydroxylation is 2. The fraction of sp³-hybridized carbons (Fsp3) is 0.278. The Kier molecular flexibility index (Phi) is 5.68. The van der Waals surface area contributed by atoms with Crippen LogP contribution in [0.2, 0.25) is 5.02 Å². The van der Waals surface area contributed by atoms with Gasteiger partial charge in [-0.1, -0.05) is 29.4 Å². The highest BCUT2D eigenvalue weighted by Gasteiger charge is 2.17. The molecule has 3 rings (SSSR count). The van der Waals surface area contributed by atoms with Crippen LogP contribution in [0.5, 0.6) is 0 Å². The Bertz CT molecular complexity index is 935. The minimum Gasteiger partial charge on any atom is -0.469 e. The third-order valence-corrected chi connectivity index (χ3v) is 5.29. The van der Waals surface area contributed by atoms with E-state index in [-0.39, 0.29) is 11.7 Å². The van der Waals surface area contributed by atoms with Crippen LogP contribution in [-0.2, 0) is 11.3 Å². The summed E-state index contributed by atoms with van der Waals surface area (Å²) in [4.78, 5) is 12.2. The van der Waals surface area contributed by atoms with Crippen LogP contribution in [0, 0.1) is 13.8 Å². The Balaban J connectivity index is 1.68. The van der Waals surface area contributed by atoms with Crippen molar-refractivity contribution < 1.29 is 9.21 Å². The molecule has 0 fully saturated rings. The molecule has 26 heavy (non-hydrogen) atoms. The number of furan rings is 1. The predicted octanol–water partition coefficient (Wildman–Crippen LogP) is 4.56. The summed E-state index contributed by atoms with van der Waals surface area (Å²) >= 11 is 7.43. The molecule has 0 radical (unpaired) electrons. The topological polar surface area (TPSA) is 73.0 Å². The first-order chi connectivity index (χ1) is 12.5. The standard InChI is InChI=1S/C18H19ClN4O2S/c1-4-23-17(14-7-8-25-12(14)3)21-22-18(23)26-10-16(24)20-13-6-5-11(2)15(19)9-13/h5-9H,4,10H2,1-3H3,(H,20,24). The number of halogens is 1. The molecule has 3 aromatic rings. The molecule has 0 unspecified atom stereocenters. The quantitative estimate of drug-likeness (QED) is 0.624. The van der Waals surface area contributed by atoms with Crippen molar-refractivity contribution in [3.05, 3.63) is 46.9 Å². The molecule has 6 nitrogen and oxygen atoms in total. The van der Waals surface area contributed by atoms with E-state index < -0.39 is 0 Å². The number of nitrogens with one attached hydrogen (secondary N) is 1. The predicted molar refractivity (Wildman–Crippen MR) is 104 cm³/mol. The van der Waals surface area contributed by atoms with E-state index in [0.29, 0.717) is 22.4 Å². The molecule has 136 valence electrons. The summed E-state index contributed by atoms with van der Waals surface area (Å²) in [5, 5.41) is 12.6. The number of carbonyl (C=O) groups is 1. The van der Waals surface area contributed by atoms with E-state index in [1.807, 2.05) is 43.5 Å². The van der Waals surface area contributed by atoms with Crippen LogP contribution in [0.25, 0.3) is 11.4 Å². The van der Waals surface area contributed by atoms with Crippen LogP contribution in [0.4, 0.5) is 5.69 Å². The van der Waals surface area contributed by atoms with Crippen LogP contribution in [-0.4, -0.2) is 26.4 Å². The Morgan fingerprint density at radius 3 is 2.77 bits per heavy atom. The van der Waals surface area contributed by atoms with E-state index in [1.54, 1.807) is 12.3 Å². The molecule has 2 aromatic heterocycles. The van der Waals surface area contributed by atoms with E-state index in [2.05, 4.69) is 15.5 Å². The lowest BCUT2D eigenvalue weighted by Gasteiger charge is -2.08. The van der Waals surface area contributed by atoms with Crippen molar-refractivity contribution >= 4 is 35.0 Å². The average Bonchev–Trinajstić information content (AvgIpc) is 3.21. The first-order valence-corrected chi connectivity index (χ1v) is 9.52. The van der Waals surface area contributed by atoms with Gasteiger partial charge in [0.2, 0.25) is 5.91 Å². The van der Waals surface area contributed by atoms with Crippen LogP contribution >= 0.6 is 23.4 Å². The molecule has 1 amide bonds. The highest BCUT2D eigenvalue weighted by Crippen LogP contribution is 2.27. The smallest absolute Gasteiger partial charge is 0.234 e. The summed E-state index contributed by atoms with van der Waals surface area (Å²) in [7, 11) is 0. The molecule has 1 N–H and O–H groups in total. The van der Waals surface area contributed by atoms with E-state index in [4.69, 9.17) is 16.0 Å². The van der Waals surface area contributed by atoms with Gasteiger partial charge in [0.1, 0.15) is 5.76 Å². The number of hydrogen-bond acceptors (Lipinski definition) is 5. The molecular weight excluding hydrogens is 372 g/mol. The fourth-order valence-electron chi connectivity index (χ4n) is 2.49. The van der Waals surface area contributed by atoms with Crippen LogP contribution < -0.4 is 5.32 Å². The van der Waals surface area contributed by atoms with Crippen LogP contribution in [0.3, 0.4) is 0 Å². The van der Waals surface area contributed by atoms with Crippen LogP contribution in [0.1, 0.15) is 18.2 Å². The number of anilines is 1. The number of rotatable bonds is 6. The summed E-state index contributed by atoms with van der Waals surface area (Å²) in [5.74, 6) is 1.64. The average molecular weight is 391 g/mol. The molecule has 0 bridgehead atoms. The Labute approximate surface area is 160 Å².